The van der Waals surface area contributed by atoms with E-state index in [4.69, 9.17) is 33.2 Å². The van der Waals surface area contributed by atoms with E-state index in [-0.39, 0.29) is 101 Å². The number of benzene rings is 4. The number of hydrogen-bond donors (Lipinski definition) is 7. The van der Waals surface area contributed by atoms with Crippen LogP contribution in [-0.4, -0.2) is 218 Å². The highest BCUT2D eigenvalue weighted by molar-refractivity contribution is 5.87. The summed E-state index contributed by atoms with van der Waals surface area (Å²) in [5, 5.41) is 20.6. The Kier molecular flexibility index (Phi) is 29.7. The summed E-state index contributed by atoms with van der Waals surface area (Å²) in [6.45, 7) is 13.4. The molecule has 7 N–H and O–H groups in total. The first-order chi connectivity index (χ1) is 63.7. The van der Waals surface area contributed by atoms with Crippen LogP contribution >= 0.6 is 0 Å². The highest BCUT2D eigenvalue weighted by atomic mass is 16.6. The lowest BCUT2D eigenvalue weighted by molar-refractivity contribution is -0.177. The van der Waals surface area contributed by atoms with Crippen LogP contribution in [0.5, 0.6) is 0 Å². The largest absolute Gasteiger partial charge is 0.444 e. The number of likely N-dealkylation sites (tertiary alicyclic amines) is 1. The Morgan fingerprint density at radius 3 is 1.11 bits per heavy atom. The summed E-state index contributed by atoms with van der Waals surface area (Å²) in [5.74, 6) is 3.36. The van der Waals surface area contributed by atoms with Crippen molar-refractivity contribution < 1.29 is 57.1 Å². The lowest BCUT2D eigenvalue weighted by atomic mass is 9.83. The van der Waals surface area contributed by atoms with Crippen molar-refractivity contribution in [3.63, 3.8) is 0 Å². The van der Waals surface area contributed by atoms with Gasteiger partial charge in [-0.2, -0.15) is 38.0 Å². The minimum absolute atomic E-state index is 0.0208. The summed E-state index contributed by atoms with van der Waals surface area (Å²) < 4.78 is 46.4. The summed E-state index contributed by atoms with van der Waals surface area (Å²) >= 11 is 0. The number of piperidine rings is 1. The van der Waals surface area contributed by atoms with Crippen molar-refractivity contribution in [2.75, 3.05) is 66.6 Å². The quantitative estimate of drug-likeness (QED) is 0.0261. The fraction of sp³-hybridized carbons (Fsp3) is 0.484. The van der Waals surface area contributed by atoms with Crippen LogP contribution in [0.15, 0.2) is 165 Å². The van der Waals surface area contributed by atoms with Crippen molar-refractivity contribution in [3.8, 4) is 45.6 Å². The maximum Gasteiger partial charge on any atom is 0.410 e. The van der Waals surface area contributed by atoms with Gasteiger partial charge in [-0.05, 0) is 91.9 Å². The lowest BCUT2D eigenvalue weighted by Crippen LogP contribution is -2.58. The Morgan fingerprint density at radius 2 is 0.773 bits per heavy atom. The average Bonchev–Trinajstić information content (AvgIpc) is 1.65. The maximum atomic E-state index is 13.7. The molecule has 37 heteroatoms. The molecule has 5 amide bonds. The van der Waals surface area contributed by atoms with E-state index in [9.17, 15) is 43.2 Å². The molecule has 2 aliphatic heterocycles. The minimum atomic E-state index is -1.14. The highest BCUT2D eigenvalue weighted by Crippen LogP contribution is 2.39. The van der Waals surface area contributed by atoms with E-state index in [1.54, 1.807) is 19.1 Å². The molecule has 698 valence electrons. The fourth-order valence-corrected chi connectivity index (χ4v) is 17.5. The van der Waals surface area contributed by atoms with Gasteiger partial charge >= 0.3 is 6.09 Å². The average molecular weight is 1810 g/mol. The first-order valence-electron chi connectivity index (χ1n) is 45.6. The minimum Gasteiger partial charge on any atom is -0.444 e. The van der Waals surface area contributed by atoms with Crippen LogP contribution in [0.1, 0.15) is 186 Å². The number of carbonyl (C=O) groups is 5. The molecule has 0 radical (unpaired) electrons. The van der Waals surface area contributed by atoms with Crippen molar-refractivity contribution >= 4 is 52.8 Å². The Morgan fingerprint density at radius 1 is 0.432 bits per heavy atom. The van der Waals surface area contributed by atoms with Crippen LogP contribution in [0.2, 0.25) is 0 Å². The van der Waals surface area contributed by atoms with Gasteiger partial charge in [-0.25, -0.2) is 24.7 Å². The number of nitrogens with zero attached hydrogens (tertiary/aromatic N) is 14. The Labute approximate surface area is 761 Å². The first kappa shape index (κ1) is 93.9. The molecule has 8 aromatic heterocycles. The third-order valence-electron chi connectivity index (χ3n) is 24.9. The monoisotopic (exact) mass is 1810 g/mol. The molecule has 2 saturated heterocycles. The number of hydrogen-bond acceptors (Lipinski definition) is 24. The standard InChI is InChI=1S/C28H36N6O5.C25H31N5O4.C22H27N5O4.C20H23N5O3/c1-27(2,3)39-26(37)33-14-12-28(13-15-33,24(36)29-17-19-8-7-9-19)38-18-21-16-22(35)34-25(30-21)31-23(32-34)20-10-5-4-6-11-20;1-24(2)17-29(13-14-33-24)22(32)25(11-7-4-8-12-25)34-16-19-15-20(31)30-23(26-19)27-21(28-30)18-9-5-3-6-10-18;1-30-13-12-23-20(29)22(10-6-3-7-11-22)31-15-17-14-18(28)27-21(24-17)25-19(26-27)16-8-4-2-5-9-16;1-21-18(27)20(10-6-3-7-11-20)28-13-15-12-16(26)25-19(22-15)23-17(24-25)14-8-4-2-5-9-14/h4-6,10-11,16,19H,7-9,12-15,17-18H2,1-3H3,(H,29,36)(H,30,31,32);3,5-6,9-10,15H,4,7-8,11-14,16-17H2,1-2H3,(H,26,27,28);2,4-5,8-9,14H,3,6-7,10-13,15H2,1H3,(H,23,29)(H,24,25,26);2,4-5,8-9,12H,3,6-7,10-11,13H2,1H3,(H,21,27)(H,22,23,24). The molecule has 6 aliphatic rings. The molecular formula is C95H117N21O16. The second-order valence-electron chi connectivity index (χ2n) is 36.1. The van der Waals surface area contributed by atoms with Gasteiger partial charge in [0.2, 0.25) is 0 Å². The zero-order chi connectivity index (χ0) is 92.6. The molecule has 0 atom stereocenters. The summed E-state index contributed by atoms with van der Waals surface area (Å²) in [7, 11) is 3.21. The number of fused-ring (bicyclic) bond motifs is 4. The van der Waals surface area contributed by atoms with Gasteiger partial charge in [0.05, 0.1) is 68.0 Å². The number of rotatable bonds is 25. The molecule has 4 aliphatic carbocycles. The molecule has 6 fully saturated rings. The van der Waals surface area contributed by atoms with Crippen molar-refractivity contribution in [2.45, 2.75) is 223 Å². The zero-order valence-corrected chi connectivity index (χ0v) is 75.9. The smallest absolute Gasteiger partial charge is 0.410 e. The van der Waals surface area contributed by atoms with E-state index in [0.29, 0.717) is 156 Å². The van der Waals surface area contributed by atoms with Crippen LogP contribution in [-0.2, 0) is 78.8 Å². The van der Waals surface area contributed by atoms with E-state index in [1.807, 2.05) is 161 Å². The topological polar surface area (TPSA) is 445 Å². The van der Waals surface area contributed by atoms with Gasteiger partial charge in [0.15, 0.2) is 28.9 Å². The van der Waals surface area contributed by atoms with Gasteiger partial charge in [0.25, 0.3) is 69.0 Å². The lowest BCUT2D eigenvalue weighted by Gasteiger charge is -2.44. The molecule has 12 aromatic rings. The van der Waals surface area contributed by atoms with Gasteiger partial charge in [-0.1, -0.05) is 186 Å². The normalized spacial score (nSPS) is 17.4. The van der Waals surface area contributed by atoms with Gasteiger partial charge in [-0.3, -0.25) is 58.8 Å². The van der Waals surface area contributed by atoms with E-state index in [2.05, 4.69) is 76.2 Å². The Hall–Kier alpha value is -12.8. The molecule has 0 unspecified atom stereocenters. The summed E-state index contributed by atoms with van der Waals surface area (Å²) in [6.07, 6.45) is 16.5. The Bertz CT molecular complexity index is 6230. The summed E-state index contributed by atoms with van der Waals surface area (Å²) in [4.78, 5) is 155. The molecule has 0 bridgehead atoms. The maximum absolute atomic E-state index is 13.7. The number of aromatic nitrogens is 16. The highest BCUT2D eigenvalue weighted by Gasteiger charge is 2.48. The van der Waals surface area contributed by atoms with E-state index in [0.717, 1.165) is 92.9 Å². The molecule has 132 heavy (non-hydrogen) atoms. The number of aromatic amines is 4. The van der Waals surface area contributed by atoms with Crippen molar-refractivity contribution in [1.82, 2.24) is 104 Å². The number of methoxy groups -OCH3 is 1. The van der Waals surface area contributed by atoms with Gasteiger partial charge in [0.1, 0.15) is 22.4 Å². The van der Waals surface area contributed by atoms with Crippen LogP contribution in [0, 0.1) is 5.92 Å². The number of carbonyl (C=O) groups excluding carboxylic acids is 5. The second-order valence-corrected chi connectivity index (χ2v) is 36.1. The number of morpholine rings is 1. The van der Waals surface area contributed by atoms with Gasteiger partial charge in [-0.15, -0.1) is 0 Å². The third kappa shape index (κ3) is 22.7. The van der Waals surface area contributed by atoms with Crippen molar-refractivity contribution in [1.29, 1.82) is 0 Å². The van der Waals surface area contributed by atoms with Crippen molar-refractivity contribution in [3.05, 3.63) is 210 Å². The van der Waals surface area contributed by atoms with E-state index >= 15 is 0 Å². The first-order valence-corrected chi connectivity index (χ1v) is 45.6. The molecule has 0 spiro atoms. The zero-order valence-electron chi connectivity index (χ0n) is 75.9. The number of ether oxygens (including phenoxy) is 7. The molecule has 18 rings (SSSR count). The number of nitrogens with one attached hydrogen (secondary N) is 7. The van der Waals surface area contributed by atoms with Crippen LogP contribution < -0.4 is 38.2 Å². The van der Waals surface area contributed by atoms with Crippen LogP contribution in [0.4, 0.5) is 4.79 Å². The van der Waals surface area contributed by atoms with Gasteiger partial charge < -0.3 is 58.9 Å². The van der Waals surface area contributed by atoms with E-state index < -0.39 is 34.1 Å². The predicted molar refractivity (Wildman–Crippen MR) is 488 cm³/mol. The molecule has 4 aromatic carbocycles. The van der Waals surface area contributed by atoms with E-state index in [1.165, 1.54) is 48.7 Å². The van der Waals surface area contributed by atoms with Gasteiger partial charge in [0, 0.05) is 113 Å². The number of likely N-dealkylation sites (N-methyl/N-ethyl adjacent to an activating group) is 1. The summed E-state index contributed by atoms with van der Waals surface area (Å²) in [6, 6.07) is 43.8. The number of amides is 5. The number of H-pyrrole nitrogens is 4. The Balaban J connectivity index is 0.000000135. The third-order valence-corrected chi connectivity index (χ3v) is 24.9. The predicted octanol–water partition coefficient (Wildman–Crippen LogP) is 10.3. The molecule has 10 heterocycles. The second kappa shape index (κ2) is 41.7. The summed E-state index contributed by atoms with van der Waals surface area (Å²) in [5.41, 5.74) is -0.706. The molecule has 37 nitrogen and oxygen atoms in total. The van der Waals surface area contributed by atoms with Crippen molar-refractivity contribution in [2.24, 2.45) is 5.92 Å². The SMILES string of the molecule is CC(C)(C)OC(=O)N1CCC(OCc2cc(=O)n3[nH]c(-c4ccccc4)nc3n2)(C(=O)NCC2CCC2)CC1.CC1(C)CN(C(=O)C2(OCc3cc(=O)n4[nH]c(-c5ccccc5)nc4n3)CCCCC2)CCO1.CNC(=O)C1(OCc2cc(=O)n3[nH]c(-c4ccccc4)nc3n2)CCCCC1.COCCNC(=O)C1(OCc2cc(=O)n3[nH]c(-c4ccccc4)nc3n2)CCCCC1. The fourth-order valence-electron chi connectivity index (χ4n) is 17.5. The molecular weight excluding hydrogens is 1690 g/mol. The van der Waals surface area contributed by atoms with Crippen LogP contribution in [0.3, 0.4) is 0 Å². The molecule has 4 saturated carbocycles. The van der Waals surface area contributed by atoms with Crippen LogP contribution in [0.25, 0.3) is 68.7 Å².